The first-order valence-corrected chi connectivity index (χ1v) is 9.32. The summed E-state index contributed by atoms with van der Waals surface area (Å²) in [4.78, 5) is 9.46. The van der Waals surface area contributed by atoms with Gasteiger partial charge in [-0.1, -0.05) is 66.7 Å². The first kappa shape index (κ1) is 13.8. The smallest absolute Gasteiger partial charge is 0.182 e. The summed E-state index contributed by atoms with van der Waals surface area (Å²) in [5.74, 6) is 0. The lowest BCUT2D eigenvalue weighted by molar-refractivity contribution is 1.37. The van der Waals surface area contributed by atoms with E-state index in [1.807, 2.05) is 18.2 Å². The zero-order valence-electron chi connectivity index (χ0n) is 12.6. The van der Waals surface area contributed by atoms with Crippen LogP contribution in [0.4, 0.5) is 0 Å². The number of fused-ring (bicyclic) bond motifs is 2. The molecule has 4 heteroatoms. The Hall–Kier alpha value is -2.56. The molecule has 5 rings (SSSR count). The zero-order valence-corrected chi connectivity index (χ0v) is 14.3. The van der Waals surface area contributed by atoms with Crippen molar-refractivity contribution in [2.75, 3.05) is 0 Å². The SMILES string of the molecule is c1ccc(-c2nc3nc(-c4ccc5ccccc5c4)sc3s2)cc1. The van der Waals surface area contributed by atoms with Gasteiger partial charge in [0, 0.05) is 11.1 Å². The molecule has 0 unspecified atom stereocenters. The third-order valence-electron chi connectivity index (χ3n) is 3.99. The van der Waals surface area contributed by atoms with E-state index in [0.29, 0.717) is 0 Å². The summed E-state index contributed by atoms with van der Waals surface area (Å²) in [6, 6.07) is 25.2. The topological polar surface area (TPSA) is 25.8 Å². The van der Waals surface area contributed by atoms with E-state index in [4.69, 9.17) is 9.97 Å². The van der Waals surface area contributed by atoms with E-state index in [2.05, 4.69) is 54.6 Å². The van der Waals surface area contributed by atoms with E-state index < -0.39 is 0 Å². The van der Waals surface area contributed by atoms with Crippen LogP contribution in [0, 0.1) is 0 Å². The predicted molar refractivity (Wildman–Crippen MR) is 104 cm³/mol. The number of nitrogens with zero attached hydrogens (tertiary/aromatic N) is 2. The Balaban J connectivity index is 1.58. The summed E-state index contributed by atoms with van der Waals surface area (Å²) < 4.78 is 1.18. The number of hydrogen-bond acceptors (Lipinski definition) is 4. The molecule has 0 radical (unpaired) electrons. The summed E-state index contributed by atoms with van der Waals surface area (Å²) in [6.45, 7) is 0. The average molecular weight is 344 g/mol. The second-order valence-corrected chi connectivity index (χ2v) is 7.83. The quantitative estimate of drug-likeness (QED) is 0.379. The molecule has 2 heterocycles. The molecule has 0 saturated heterocycles. The fraction of sp³-hybridized carbons (Fsp3) is 0. The van der Waals surface area contributed by atoms with E-state index in [9.17, 15) is 0 Å². The fourth-order valence-electron chi connectivity index (χ4n) is 2.79. The van der Waals surface area contributed by atoms with Crippen molar-refractivity contribution in [1.29, 1.82) is 0 Å². The largest absolute Gasteiger partial charge is 0.215 e. The van der Waals surface area contributed by atoms with Gasteiger partial charge in [-0.25, -0.2) is 9.97 Å². The monoisotopic (exact) mass is 344 g/mol. The minimum Gasteiger partial charge on any atom is -0.215 e. The van der Waals surface area contributed by atoms with E-state index in [0.717, 1.165) is 26.8 Å². The summed E-state index contributed by atoms with van der Waals surface area (Å²) >= 11 is 3.43. The third-order valence-corrected chi connectivity index (χ3v) is 6.27. The Bertz CT molecular complexity index is 1120. The van der Waals surface area contributed by atoms with Gasteiger partial charge in [0.1, 0.15) is 14.0 Å². The maximum atomic E-state index is 4.75. The molecule has 0 aliphatic rings. The van der Waals surface area contributed by atoms with Crippen LogP contribution in [0.2, 0.25) is 0 Å². The Kier molecular flexibility index (Phi) is 3.18. The van der Waals surface area contributed by atoms with Gasteiger partial charge in [0.15, 0.2) is 5.65 Å². The molecule has 0 spiro atoms. The molecule has 3 aromatic carbocycles. The highest BCUT2D eigenvalue weighted by atomic mass is 32.2. The van der Waals surface area contributed by atoms with Crippen LogP contribution >= 0.6 is 22.7 Å². The van der Waals surface area contributed by atoms with Crippen molar-refractivity contribution in [3.63, 3.8) is 0 Å². The minimum absolute atomic E-state index is 0.854. The molecule has 2 aromatic heterocycles. The summed E-state index contributed by atoms with van der Waals surface area (Å²) in [5, 5.41) is 4.57. The van der Waals surface area contributed by atoms with Crippen LogP contribution in [0.3, 0.4) is 0 Å². The molecule has 0 aliphatic heterocycles. The fourth-order valence-corrected chi connectivity index (χ4v) is 4.91. The lowest BCUT2D eigenvalue weighted by Crippen LogP contribution is -1.79. The van der Waals surface area contributed by atoms with Gasteiger partial charge in [-0.2, -0.15) is 0 Å². The van der Waals surface area contributed by atoms with Gasteiger partial charge in [-0.05, 0) is 16.8 Å². The summed E-state index contributed by atoms with van der Waals surface area (Å²) in [5.41, 5.74) is 3.16. The highest BCUT2D eigenvalue weighted by Gasteiger charge is 2.13. The van der Waals surface area contributed by atoms with Gasteiger partial charge in [-0.3, -0.25) is 0 Å². The molecule has 0 bridgehead atoms. The Morgan fingerprint density at radius 3 is 2.00 bits per heavy atom. The van der Waals surface area contributed by atoms with Gasteiger partial charge in [0.25, 0.3) is 0 Å². The number of benzene rings is 3. The van der Waals surface area contributed by atoms with E-state index >= 15 is 0 Å². The normalized spacial score (nSPS) is 11.3. The van der Waals surface area contributed by atoms with E-state index in [1.165, 1.54) is 14.8 Å². The molecule has 0 aliphatic carbocycles. The van der Waals surface area contributed by atoms with Crippen LogP contribution in [-0.4, -0.2) is 9.97 Å². The van der Waals surface area contributed by atoms with Crippen LogP contribution in [-0.2, 0) is 0 Å². The van der Waals surface area contributed by atoms with Crippen molar-refractivity contribution in [1.82, 2.24) is 9.97 Å². The highest BCUT2D eigenvalue weighted by molar-refractivity contribution is 7.40. The molecule has 0 fully saturated rings. The molecule has 0 amide bonds. The standard InChI is InChI=1S/C20H12N2S2/c1-2-7-14(8-3-1)18-21-17-20(23-18)24-19(22-17)16-11-10-13-6-4-5-9-15(13)12-16/h1-12H. The van der Waals surface area contributed by atoms with Crippen LogP contribution in [0.25, 0.3) is 41.6 Å². The molecule has 0 saturated carbocycles. The van der Waals surface area contributed by atoms with E-state index in [-0.39, 0.29) is 0 Å². The number of rotatable bonds is 2. The Morgan fingerprint density at radius 1 is 0.583 bits per heavy atom. The highest BCUT2D eigenvalue weighted by Crippen LogP contribution is 2.37. The van der Waals surface area contributed by atoms with Crippen molar-refractivity contribution in [2.45, 2.75) is 0 Å². The lowest BCUT2D eigenvalue weighted by Gasteiger charge is -2.00. The van der Waals surface area contributed by atoms with Gasteiger partial charge in [0.2, 0.25) is 0 Å². The molecule has 0 N–H and O–H groups in total. The van der Waals surface area contributed by atoms with Crippen molar-refractivity contribution >= 4 is 43.1 Å². The predicted octanol–water partition coefficient (Wildman–Crippen LogP) is 6.24. The average Bonchev–Trinajstić information content (AvgIpc) is 3.21. The zero-order chi connectivity index (χ0) is 15.9. The van der Waals surface area contributed by atoms with Crippen molar-refractivity contribution in [2.24, 2.45) is 0 Å². The molecule has 24 heavy (non-hydrogen) atoms. The molecule has 2 nitrogen and oxygen atoms in total. The summed E-state index contributed by atoms with van der Waals surface area (Å²) in [6.07, 6.45) is 0. The van der Waals surface area contributed by atoms with E-state index in [1.54, 1.807) is 22.7 Å². The van der Waals surface area contributed by atoms with Crippen molar-refractivity contribution in [3.8, 4) is 21.1 Å². The Morgan fingerprint density at radius 2 is 1.25 bits per heavy atom. The number of hydrogen-bond donors (Lipinski definition) is 0. The minimum atomic E-state index is 0.854. The molecule has 5 aromatic rings. The Labute approximate surface area is 147 Å². The van der Waals surface area contributed by atoms with Gasteiger partial charge in [0.05, 0.1) is 0 Å². The molecular weight excluding hydrogens is 332 g/mol. The first-order valence-electron chi connectivity index (χ1n) is 7.69. The van der Waals surface area contributed by atoms with Crippen molar-refractivity contribution < 1.29 is 0 Å². The maximum Gasteiger partial charge on any atom is 0.182 e. The molecule has 114 valence electrons. The lowest BCUT2D eigenvalue weighted by atomic mass is 10.1. The van der Waals surface area contributed by atoms with Crippen LogP contribution in [0.5, 0.6) is 0 Å². The first-order chi connectivity index (χ1) is 11.9. The molecule has 0 atom stereocenters. The van der Waals surface area contributed by atoms with Gasteiger partial charge >= 0.3 is 0 Å². The number of thiazole rings is 2. The number of aromatic nitrogens is 2. The molecular formula is C20H12N2S2. The van der Waals surface area contributed by atoms with Crippen LogP contribution < -0.4 is 0 Å². The summed E-state index contributed by atoms with van der Waals surface area (Å²) in [7, 11) is 0. The third kappa shape index (κ3) is 2.31. The second kappa shape index (κ2) is 5.51. The van der Waals surface area contributed by atoms with Gasteiger partial charge < -0.3 is 0 Å². The van der Waals surface area contributed by atoms with Gasteiger partial charge in [-0.15, -0.1) is 22.7 Å². The van der Waals surface area contributed by atoms with Crippen molar-refractivity contribution in [3.05, 3.63) is 72.8 Å². The maximum absolute atomic E-state index is 4.75. The second-order valence-electron chi connectivity index (χ2n) is 5.58. The van der Waals surface area contributed by atoms with Crippen LogP contribution in [0.15, 0.2) is 72.8 Å². The van der Waals surface area contributed by atoms with Crippen LogP contribution in [0.1, 0.15) is 0 Å².